The molecule has 0 radical (unpaired) electrons. The largest absolute Gasteiger partial charge is 0.418 e. The van der Waals surface area contributed by atoms with E-state index in [0.29, 0.717) is 29.4 Å². The van der Waals surface area contributed by atoms with Crippen LogP contribution in [0.5, 0.6) is 0 Å². The minimum Gasteiger partial charge on any atom is -0.399 e. The molecule has 0 amide bonds. The van der Waals surface area contributed by atoms with Crippen molar-refractivity contribution in [3.05, 3.63) is 58.6 Å². The van der Waals surface area contributed by atoms with E-state index in [1.807, 2.05) is 5.48 Å². The maximum atomic E-state index is 13.8. The number of rotatable bonds is 4. The lowest BCUT2D eigenvalue weighted by Gasteiger charge is -2.23. The molecule has 1 saturated heterocycles. The fraction of sp³-hybridized carbons (Fsp3) is 0.263. The van der Waals surface area contributed by atoms with E-state index in [2.05, 4.69) is 10.1 Å². The van der Waals surface area contributed by atoms with Crippen LogP contribution in [-0.2, 0) is 11.0 Å². The Morgan fingerprint density at radius 2 is 2.03 bits per heavy atom. The topological polar surface area (TPSA) is 69.5 Å². The van der Waals surface area contributed by atoms with Crippen molar-refractivity contribution in [3.8, 4) is 0 Å². The van der Waals surface area contributed by atoms with Crippen LogP contribution in [0.2, 0.25) is 5.02 Å². The molecule has 2 aromatic rings. The molecule has 3 rings (SSSR count). The number of hydrogen-bond donors (Lipinski definition) is 2. The number of hydroxylamine groups is 1. The van der Waals surface area contributed by atoms with Gasteiger partial charge in [0.15, 0.2) is 5.84 Å². The Labute approximate surface area is 170 Å². The normalized spacial score (nSPS) is 16.4. The van der Waals surface area contributed by atoms with Gasteiger partial charge in [0.2, 0.25) is 0 Å². The Hall–Kier alpha value is -2.78. The zero-order valence-electron chi connectivity index (χ0n) is 15.4. The predicted molar refractivity (Wildman–Crippen MR) is 105 cm³/mol. The van der Waals surface area contributed by atoms with E-state index in [-0.39, 0.29) is 23.6 Å². The van der Waals surface area contributed by atoms with Gasteiger partial charge in [-0.2, -0.15) is 13.2 Å². The van der Waals surface area contributed by atoms with Gasteiger partial charge in [-0.15, -0.1) is 0 Å². The van der Waals surface area contributed by atoms with Gasteiger partial charge in [-0.25, -0.2) is 4.99 Å². The molecular weight excluding hydrogens is 409 g/mol. The number of aliphatic imine (C=N–C) groups is 1. The summed E-state index contributed by atoms with van der Waals surface area (Å²) in [5.41, 5.74) is 2.20. The fourth-order valence-corrected chi connectivity index (χ4v) is 3.25. The van der Waals surface area contributed by atoms with Crippen molar-refractivity contribution in [1.82, 2.24) is 5.48 Å². The summed E-state index contributed by atoms with van der Waals surface area (Å²) in [5.74, 6) is -0.132. The molecule has 6 nitrogen and oxygen atoms in total. The van der Waals surface area contributed by atoms with Crippen molar-refractivity contribution in [1.29, 1.82) is 0 Å². The average Bonchev–Trinajstić information content (AvgIpc) is 3.14. The molecule has 1 aliphatic heterocycles. The highest BCUT2D eigenvalue weighted by Crippen LogP contribution is 2.38. The molecule has 154 valence electrons. The fourth-order valence-electron chi connectivity index (χ4n) is 3.07. The van der Waals surface area contributed by atoms with Gasteiger partial charge in [0, 0.05) is 29.2 Å². The maximum absolute atomic E-state index is 13.8. The second-order valence-electron chi connectivity index (χ2n) is 6.29. The maximum Gasteiger partial charge on any atom is 0.418 e. The number of benzene rings is 2. The standard InChI is InChI=1S/C19H18ClF3N4O2/c1-29-26-15-7-8-27(11-15)17-6-5-12(9-16(17)19(21,22)23)18(25-28)24-14-4-2-3-13(20)10-14/h2-6,9-10,28H,7-8,11H2,1H3,(H,24,25)/b26-15+. The summed E-state index contributed by atoms with van der Waals surface area (Å²) >= 11 is 5.91. The number of nitrogens with one attached hydrogen (secondary N) is 1. The first-order valence-electron chi connectivity index (χ1n) is 8.61. The number of oxime groups is 1. The number of halogens is 4. The van der Waals surface area contributed by atoms with E-state index in [4.69, 9.17) is 16.4 Å². The molecule has 29 heavy (non-hydrogen) atoms. The summed E-state index contributed by atoms with van der Waals surface area (Å²) in [6, 6.07) is 10.2. The lowest BCUT2D eigenvalue weighted by Crippen LogP contribution is -2.25. The van der Waals surface area contributed by atoms with Gasteiger partial charge in [-0.05, 0) is 36.4 Å². The third-order valence-corrected chi connectivity index (χ3v) is 4.57. The Kier molecular flexibility index (Phi) is 6.29. The summed E-state index contributed by atoms with van der Waals surface area (Å²) in [6.45, 7) is 0.643. The van der Waals surface area contributed by atoms with Crippen LogP contribution in [0.15, 0.2) is 52.6 Å². The zero-order valence-corrected chi connectivity index (χ0v) is 16.1. The van der Waals surface area contributed by atoms with E-state index in [0.717, 1.165) is 6.07 Å². The molecule has 2 aromatic carbocycles. The highest BCUT2D eigenvalue weighted by Gasteiger charge is 2.36. The van der Waals surface area contributed by atoms with Crippen LogP contribution in [0, 0.1) is 0 Å². The van der Waals surface area contributed by atoms with Crippen molar-refractivity contribution < 1.29 is 23.2 Å². The summed E-state index contributed by atoms with van der Waals surface area (Å²) < 4.78 is 41.3. The van der Waals surface area contributed by atoms with Gasteiger partial charge < -0.3 is 9.74 Å². The summed E-state index contributed by atoms with van der Waals surface area (Å²) in [6.07, 6.45) is -4.07. The van der Waals surface area contributed by atoms with Crippen molar-refractivity contribution >= 4 is 34.5 Å². The zero-order chi connectivity index (χ0) is 21.0. The van der Waals surface area contributed by atoms with Crippen molar-refractivity contribution in [2.75, 3.05) is 25.1 Å². The third-order valence-electron chi connectivity index (χ3n) is 4.34. The van der Waals surface area contributed by atoms with Crippen molar-refractivity contribution in [2.45, 2.75) is 12.6 Å². The van der Waals surface area contributed by atoms with E-state index in [9.17, 15) is 18.4 Å². The molecule has 0 atom stereocenters. The van der Waals surface area contributed by atoms with E-state index in [1.54, 1.807) is 23.1 Å². The molecule has 0 unspecified atom stereocenters. The van der Waals surface area contributed by atoms with Crippen LogP contribution in [0.1, 0.15) is 17.5 Å². The lowest BCUT2D eigenvalue weighted by atomic mass is 10.1. The number of amidine groups is 1. The van der Waals surface area contributed by atoms with Crippen molar-refractivity contribution in [3.63, 3.8) is 0 Å². The second-order valence-corrected chi connectivity index (χ2v) is 6.73. The van der Waals surface area contributed by atoms with Crippen LogP contribution in [0.3, 0.4) is 0 Å². The first-order chi connectivity index (χ1) is 13.8. The number of hydrogen-bond acceptors (Lipinski definition) is 5. The first-order valence-corrected chi connectivity index (χ1v) is 8.99. The second kappa shape index (κ2) is 8.71. The Bertz CT molecular complexity index is 947. The average molecular weight is 427 g/mol. The summed E-state index contributed by atoms with van der Waals surface area (Å²) in [7, 11) is 1.40. The summed E-state index contributed by atoms with van der Waals surface area (Å²) in [5, 5.41) is 13.7. The quantitative estimate of drug-likeness (QED) is 0.425. The van der Waals surface area contributed by atoms with Gasteiger partial charge in [-0.3, -0.25) is 10.7 Å². The van der Waals surface area contributed by atoms with Crippen LogP contribution < -0.4 is 10.4 Å². The number of anilines is 1. The van der Waals surface area contributed by atoms with Gasteiger partial charge in [-0.1, -0.05) is 22.8 Å². The van der Waals surface area contributed by atoms with Gasteiger partial charge in [0.1, 0.15) is 7.11 Å². The minimum atomic E-state index is -4.59. The Morgan fingerprint density at radius 3 is 2.69 bits per heavy atom. The third kappa shape index (κ3) is 4.99. The van der Waals surface area contributed by atoms with Crippen LogP contribution in [0.25, 0.3) is 0 Å². The monoisotopic (exact) mass is 426 g/mol. The lowest BCUT2D eigenvalue weighted by molar-refractivity contribution is -0.137. The Morgan fingerprint density at radius 1 is 1.24 bits per heavy atom. The SMILES string of the molecule is CO/N=C1\CCN(c2ccc(C(=Nc3cccc(Cl)c3)NO)cc2C(F)(F)F)C1. The molecule has 1 aliphatic rings. The smallest absolute Gasteiger partial charge is 0.399 e. The van der Waals surface area contributed by atoms with E-state index >= 15 is 0 Å². The number of nitrogens with zero attached hydrogens (tertiary/aromatic N) is 3. The first kappa shape index (κ1) is 20.9. The molecule has 0 aromatic heterocycles. The molecule has 2 N–H and O–H groups in total. The van der Waals surface area contributed by atoms with Crippen molar-refractivity contribution in [2.24, 2.45) is 10.1 Å². The van der Waals surface area contributed by atoms with E-state index < -0.39 is 11.7 Å². The predicted octanol–water partition coefficient (Wildman–Crippen LogP) is 4.63. The molecule has 10 heteroatoms. The van der Waals surface area contributed by atoms with Crippen LogP contribution in [0.4, 0.5) is 24.5 Å². The van der Waals surface area contributed by atoms with Gasteiger partial charge in [0.05, 0.1) is 23.5 Å². The molecule has 1 heterocycles. The van der Waals surface area contributed by atoms with Crippen LogP contribution >= 0.6 is 11.6 Å². The highest BCUT2D eigenvalue weighted by atomic mass is 35.5. The molecular formula is C19H18ClF3N4O2. The molecule has 1 fully saturated rings. The molecule has 0 spiro atoms. The van der Waals surface area contributed by atoms with E-state index in [1.165, 1.54) is 25.3 Å². The molecule has 0 saturated carbocycles. The molecule has 0 bridgehead atoms. The molecule has 0 aliphatic carbocycles. The van der Waals surface area contributed by atoms with Gasteiger partial charge >= 0.3 is 6.18 Å². The van der Waals surface area contributed by atoms with Crippen LogP contribution in [-0.4, -0.2) is 37.0 Å². The summed E-state index contributed by atoms with van der Waals surface area (Å²) in [4.78, 5) is 10.5. The highest BCUT2D eigenvalue weighted by molar-refractivity contribution is 6.30. The minimum absolute atomic E-state index is 0.0302. The Balaban J connectivity index is 2.00. The number of alkyl halides is 3. The van der Waals surface area contributed by atoms with Gasteiger partial charge in [0.25, 0.3) is 0 Å².